The molecule has 0 saturated carbocycles. The second-order valence-electron chi connectivity index (χ2n) is 2.39. The van der Waals surface area contributed by atoms with Crippen LogP contribution < -0.4 is 4.74 Å². The Kier molecular flexibility index (Phi) is 3.35. The van der Waals surface area contributed by atoms with Gasteiger partial charge < -0.3 is 4.74 Å². The van der Waals surface area contributed by atoms with E-state index in [0.717, 1.165) is 6.20 Å². The highest BCUT2D eigenvalue weighted by Crippen LogP contribution is 2.19. The van der Waals surface area contributed by atoms with Gasteiger partial charge in [-0.2, -0.15) is 0 Å². The number of aromatic nitrogens is 1. The molecule has 0 fully saturated rings. The predicted octanol–water partition coefficient (Wildman–Crippen LogP) is 0.549. The second kappa shape index (κ2) is 4.72. The third kappa shape index (κ3) is 2.51. The molecule has 0 saturated heterocycles. The monoisotopic (exact) mass is 206 g/mol. The van der Waals surface area contributed by atoms with E-state index in [4.69, 9.17) is 4.74 Å². The minimum atomic E-state index is -0.599. The predicted molar refractivity (Wildman–Crippen MR) is 50.4 cm³/mol. The number of ether oxygens (including phenoxy) is 1. The molecular weight excluding hydrogens is 200 g/mol. The van der Waals surface area contributed by atoms with E-state index in [0.29, 0.717) is 6.29 Å². The van der Waals surface area contributed by atoms with E-state index >= 15 is 0 Å². The molecule has 0 aliphatic carbocycles. The molecule has 6 nitrogen and oxygen atoms in total. The van der Waals surface area contributed by atoms with E-state index in [1.165, 1.54) is 13.2 Å². The zero-order chi connectivity index (χ0) is 11.3. The standard InChI is InChI=1S/C9H6N2O4/c1-15-9-7(3-2-4-12)5-8(6-10-9)11(13)14/h4-6H,1H3. The first kappa shape index (κ1) is 10.7. The van der Waals surface area contributed by atoms with Crippen LogP contribution in [0.3, 0.4) is 0 Å². The SMILES string of the molecule is COc1ncc([N+](=O)[O-])cc1C#CC=O. The Hall–Kier alpha value is -2.42. The van der Waals surface area contributed by atoms with Gasteiger partial charge in [0, 0.05) is 6.07 Å². The van der Waals surface area contributed by atoms with Crippen molar-refractivity contribution in [2.45, 2.75) is 0 Å². The van der Waals surface area contributed by atoms with Crippen LogP contribution in [0.25, 0.3) is 0 Å². The normalized spacial score (nSPS) is 8.60. The zero-order valence-electron chi connectivity index (χ0n) is 7.76. The molecule has 0 atom stereocenters. The number of carbonyl (C=O) groups excluding carboxylic acids is 1. The summed E-state index contributed by atoms with van der Waals surface area (Å²) in [5.41, 5.74) is 0.00444. The molecule has 0 unspecified atom stereocenters. The lowest BCUT2D eigenvalue weighted by atomic mass is 10.2. The van der Waals surface area contributed by atoms with Crippen molar-refractivity contribution >= 4 is 12.0 Å². The maximum Gasteiger partial charge on any atom is 0.289 e. The van der Waals surface area contributed by atoms with Crippen LogP contribution in [0.1, 0.15) is 5.56 Å². The van der Waals surface area contributed by atoms with Crippen LogP contribution >= 0.6 is 0 Å². The van der Waals surface area contributed by atoms with Crippen LogP contribution in [-0.2, 0) is 4.79 Å². The summed E-state index contributed by atoms with van der Waals surface area (Å²) >= 11 is 0. The average Bonchev–Trinajstić information content (AvgIpc) is 2.25. The number of hydrogen-bond acceptors (Lipinski definition) is 5. The molecule has 0 aromatic carbocycles. The summed E-state index contributed by atoms with van der Waals surface area (Å²) in [6, 6.07) is 1.20. The Morgan fingerprint density at radius 2 is 2.40 bits per heavy atom. The van der Waals surface area contributed by atoms with Crippen LogP contribution in [0.5, 0.6) is 5.88 Å². The number of carbonyl (C=O) groups is 1. The third-order valence-electron chi connectivity index (χ3n) is 1.51. The summed E-state index contributed by atoms with van der Waals surface area (Å²) in [6.07, 6.45) is 1.45. The highest BCUT2D eigenvalue weighted by atomic mass is 16.6. The van der Waals surface area contributed by atoms with E-state index in [2.05, 4.69) is 16.8 Å². The van der Waals surface area contributed by atoms with Crippen molar-refractivity contribution in [1.29, 1.82) is 0 Å². The first-order valence-electron chi connectivity index (χ1n) is 3.82. The second-order valence-corrected chi connectivity index (χ2v) is 2.39. The van der Waals surface area contributed by atoms with Gasteiger partial charge in [-0.15, -0.1) is 0 Å². The fourth-order valence-corrected chi connectivity index (χ4v) is 0.900. The number of methoxy groups -OCH3 is 1. The summed E-state index contributed by atoms with van der Waals surface area (Å²) in [6.45, 7) is 0. The van der Waals surface area contributed by atoms with Gasteiger partial charge in [0.15, 0.2) is 6.29 Å². The summed E-state index contributed by atoms with van der Waals surface area (Å²) in [5, 5.41) is 10.4. The summed E-state index contributed by atoms with van der Waals surface area (Å²) in [7, 11) is 1.36. The Balaban J connectivity index is 3.24. The number of rotatable bonds is 2. The maximum absolute atomic E-state index is 10.4. The number of nitrogens with zero attached hydrogens (tertiary/aromatic N) is 2. The molecule has 76 valence electrons. The Morgan fingerprint density at radius 1 is 1.67 bits per heavy atom. The molecule has 1 heterocycles. The van der Waals surface area contributed by atoms with E-state index in [1.807, 2.05) is 0 Å². The molecule has 0 spiro atoms. The highest BCUT2D eigenvalue weighted by Gasteiger charge is 2.10. The molecule has 0 N–H and O–H groups in total. The average molecular weight is 206 g/mol. The summed E-state index contributed by atoms with van der Waals surface area (Å²) in [4.78, 5) is 23.6. The van der Waals surface area contributed by atoms with Crippen LogP contribution in [0.15, 0.2) is 12.3 Å². The number of hydrogen-bond donors (Lipinski definition) is 0. The lowest BCUT2D eigenvalue weighted by Crippen LogP contribution is -1.95. The van der Waals surface area contributed by atoms with Crippen molar-refractivity contribution < 1.29 is 14.5 Å². The Morgan fingerprint density at radius 3 is 2.93 bits per heavy atom. The van der Waals surface area contributed by atoms with Crippen LogP contribution in [0, 0.1) is 22.0 Å². The van der Waals surface area contributed by atoms with Crippen LogP contribution in [-0.4, -0.2) is 23.3 Å². The molecule has 1 aromatic rings. The van der Waals surface area contributed by atoms with Gasteiger partial charge in [-0.3, -0.25) is 14.9 Å². The van der Waals surface area contributed by atoms with Crippen molar-refractivity contribution in [2.75, 3.05) is 7.11 Å². The molecule has 15 heavy (non-hydrogen) atoms. The molecule has 0 amide bonds. The molecule has 1 rings (SSSR count). The molecule has 0 aliphatic rings. The maximum atomic E-state index is 10.4. The van der Waals surface area contributed by atoms with Gasteiger partial charge in [0.1, 0.15) is 6.20 Å². The lowest BCUT2D eigenvalue weighted by Gasteiger charge is -2.00. The first-order chi connectivity index (χ1) is 7.19. The first-order valence-corrected chi connectivity index (χ1v) is 3.82. The molecule has 0 radical (unpaired) electrons. The lowest BCUT2D eigenvalue weighted by molar-refractivity contribution is -0.385. The van der Waals surface area contributed by atoms with Gasteiger partial charge in [-0.25, -0.2) is 4.98 Å². The van der Waals surface area contributed by atoms with Gasteiger partial charge >= 0.3 is 0 Å². The van der Waals surface area contributed by atoms with E-state index in [1.54, 1.807) is 0 Å². The van der Waals surface area contributed by atoms with E-state index < -0.39 is 4.92 Å². The third-order valence-corrected chi connectivity index (χ3v) is 1.51. The quantitative estimate of drug-likeness (QED) is 0.305. The minimum absolute atomic E-state index is 0.148. The van der Waals surface area contributed by atoms with Crippen molar-refractivity contribution in [3.05, 3.63) is 27.9 Å². The molecule has 6 heteroatoms. The molecular formula is C9H6N2O4. The van der Waals surface area contributed by atoms with Gasteiger partial charge in [0.05, 0.1) is 17.6 Å². The number of nitro groups is 1. The van der Waals surface area contributed by atoms with Crippen molar-refractivity contribution in [3.63, 3.8) is 0 Å². The highest BCUT2D eigenvalue weighted by molar-refractivity contribution is 5.74. The number of pyridine rings is 1. The minimum Gasteiger partial charge on any atom is -0.480 e. The van der Waals surface area contributed by atoms with Crippen molar-refractivity contribution in [2.24, 2.45) is 0 Å². The largest absolute Gasteiger partial charge is 0.480 e. The van der Waals surface area contributed by atoms with E-state index in [9.17, 15) is 14.9 Å². The Bertz CT molecular complexity index is 459. The fraction of sp³-hybridized carbons (Fsp3) is 0.111. The smallest absolute Gasteiger partial charge is 0.289 e. The fourth-order valence-electron chi connectivity index (χ4n) is 0.900. The van der Waals surface area contributed by atoms with Crippen LogP contribution in [0.4, 0.5) is 5.69 Å². The summed E-state index contributed by atoms with van der Waals surface area (Å²) < 4.78 is 4.82. The molecule has 0 bridgehead atoms. The van der Waals surface area contributed by atoms with Gasteiger partial charge in [0.2, 0.25) is 5.88 Å². The van der Waals surface area contributed by atoms with Crippen LogP contribution in [0.2, 0.25) is 0 Å². The number of aldehydes is 1. The molecule has 0 aliphatic heterocycles. The van der Waals surface area contributed by atoms with Crippen molar-refractivity contribution in [3.8, 4) is 17.7 Å². The van der Waals surface area contributed by atoms with Gasteiger partial charge in [-0.05, 0) is 5.92 Å². The molecule has 1 aromatic heterocycles. The Labute approximate surface area is 85.0 Å². The van der Waals surface area contributed by atoms with Gasteiger partial charge in [-0.1, -0.05) is 5.92 Å². The topological polar surface area (TPSA) is 82.3 Å². The van der Waals surface area contributed by atoms with Crippen molar-refractivity contribution in [1.82, 2.24) is 4.98 Å². The van der Waals surface area contributed by atoms with E-state index in [-0.39, 0.29) is 17.1 Å². The summed E-state index contributed by atoms with van der Waals surface area (Å²) in [5.74, 6) is 4.68. The zero-order valence-corrected chi connectivity index (χ0v) is 7.76. The van der Waals surface area contributed by atoms with Gasteiger partial charge in [0.25, 0.3) is 5.69 Å².